The number of hydrogen-bond acceptors (Lipinski definition) is 2. The van der Waals surface area contributed by atoms with Gasteiger partial charge in [-0.25, -0.2) is 0 Å². The average Bonchev–Trinajstić information content (AvgIpc) is 2.85. The molecule has 0 spiro atoms. The highest BCUT2D eigenvalue weighted by atomic mass is 127. The van der Waals surface area contributed by atoms with Crippen LogP contribution >= 0.6 is 34.4 Å². The van der Waals surface area contributed by atoms with Crippen LogP contribution in [0.2, 0.25) is 0 Å². The second kappa shape index (κ2) is 6.28. The molecule has 0 unspecified atom stereocenters. The van der Waals surface area contributed by atoms with E-state index < -0.39 is 0 Å². The van der Waals surface area contributed by atoms with Crippen LogP contribution in [-0.4, -0.2) is 23.5 Å². The van der Waals surface area contributed by atoms with Crippen molar-refractivity contribution in [2.45, 2.75) is 30.4 Å². The Balaban J connectivity index is 1.96. The van der Waals surface area contributed by atoms with Crippen molar-refractivity contribution in [1.82, 2.24) is 5.32 Å². The summed E-state index contributed by atoms with van der Waals surface area (Å²) in [6, 6.07) is 7.72. The summed E-state index contributed by atoms with van der Waals surface area (Å²) in [6.07, 6.45) is 7.18. The maximum Gasteiger partial charge on any atom is 0.251 e. The van der Waals surface area contributed by atoms with Gasteiger partial charge in [-0.3, -0.25) is 4.79 Å². The van der Waals surface area contributed by atoms with Crippen LogP contribution in [0.5, 0.6) is 0 Å². The molecule has 0 aromatic heterocycles. The second-order valence-electron chi connectivity index (χ2n) is 4.79. The lowest BCUT2D eigenvalue weighted by Crippen LogP contribution is -2.38. The van der Waals surface area contributed by atoms with E-state index in [1.807, 2.05) is 36.0 Å². The molecular weight excluding hydrogens is 357 g/mol. The Bertz CT molecular complexity index is 430. The molecule has 0 bridgehead atoms. The molecule has 0 saturated heterocycles. The summed E-state index contributed by atoms with van der Waals surface area (Å²) in [5.41, 5.74) is 0.760. The Morgan fingerprint density at radius 1 is 1.44 bits per heavy atom. The topological polar surface area (TPSA) is 29.1 Å². The first kappa shape index (κ1) is 14.2. The zero-order chi connectivity index (χ0) is 13.0. The standard InChI is InChI=1S/C14H18INOS/c1-18-14(7-2-3-8-14)10-16-13(17)11-5-4-6-12(15)9-11/h4-6,9H,2-3,7-8,10H2,1H3,(H,16,17). The van der Waals surface area contributed by atoms with Crippen LogP contribution in [0.4, 0.5) is 0 Å². The molecule has 0 atom stereocenters. The lowest BCUT2D eigenvalue weighted by atomic mass is 10.1. The summed E-state index contributed by atoms with van der Waals surface area (Å²) in [6.45, 7) is 0.790. The lowest BCUT2D eigenvalue weighted by Gasteiger charge is -2.26. The number of carbonyl (C=O) groups is 1. The highest BCUT2D eigenvalue weighted by Gasteiger charge is 2.33. The normalized spacial score (nSPS) is 17.7. The zero-order valence-electron chi connectivity index (χ0n) is 10.5. The predicted octanol–water partition coefficient (Wildman–Crippen LogP) is 3.70. The summed E-state index contributed by atoms with van der Waals surface area (Å²) in [5, 5.41) is 3.10. The van der Waals surface area contributed by atoms with Gasteiger partial charge in [-0.1, -0.05) is 18.9 Å². The molecular formula is C14H18INOS. The largest absolute Gasteiger partial charge is 0.351 e. The number of carbonyl (C=O) groups excluding carboxylic acids is 1. The maximum absolute atomic E-state index is 12.1. The van der Waals surface area contributed by atoms with E-state index in [9.17, 15) is 4.79 Å². The fraction of sp³-hybridized carbons (Fsp3) is 0.500. The molecule has 1 aromatic carbocycles. The second-order valence-corrected chi connectivity index (χ2v) is 7.31. The quantitative estimate of drug-likeness (QED) is 0.814. The van der Waals surface area contributed by atoms with E-state index in [0.29, 0.717) is 0 Å². The minimum Gasteiger partial charge on any atom is -0.351 e. The number of nitrogens with one attached hydrogen (secondary N) is 1. The van der Waals surface area contributed by atoms with Crippen molar-refractivity contribution in [1.29, 1.82) is 0 Å². The van der Waals surface area contributed by atoms with Crippen molar-refractivity contribution in [2.24, 2.45) is 0 Å². The molecule has 1 N–H and O–H groups in total. The molecule has 0 radical (unpaired) electrons. The van der Waals surface area contributed by atoms with Gasteiger partial charge in [0.25, 0.3) is 5.91 Å². The fourth-order valence-electron chi connectivity index (χ4n) is 2.45. The third kappa shape index (κ3) is 3.41. The average molecular weight is 375 g/mol. The van der Waals surface area contributed by atoms with Crippen molar-refractivity contribution >= 4 is 40.3 Å². The van der Waals surface area contributed by atoms with Crippen molar-refractivity contribution in [3.63, 3.8) is 0 Å². The molecule has 1 saturated carbocycles. The van der Waals surface area contributed by atoms with Gasteiger partial charge in [0, 0.05) is 20.4 Å². The number of hydrogen-bond donors (Lipinski definition) is 1. The van der Waals surface area contributed by atoms with E-state index in [4.69, 9.17) is 0 Å². The van der Waals surface area contributed by atoms with E-state index in [1.54, 1.807) is 0 Å². The Morgan fingerprint density at radius 2 is 2.17 bits per heavy atom. The first-order chi connectivity index (χ1) is 8.65. The molecule has 1 aliphatic rings. The molecule has 0 heterocycles. The Labute approximate surface area is 126 Å². The van der Waals surface area contributed by atoms with Crippen molar-refractivity contribution < 1.29 is 4.79 Å². The number of halogens is 1. The van der Waals surface area contributed by atoms with Crippen LogP contribution in [-0.2, 0) is 0 Å². The summed E-state index contributed by atoms with van der Waals surface area (Å²) >= 11 is 4.14. The third-order valence-electron chi connectivity index (χ3n) is 3.61. The van der Waals surface area contributed by atoms with E-state index in [0.717, 1.165) is 15.7 Å². The lowest BCUT2D eigenvalue weighted by molar-refractivity contribution is 0.0949. The van der Waals surface area contributed by atoms with Crippen LogP contribution in [0.3, 0.4) is 0 Å². The molecule has 4 heteroatoms. The highest BCUT2D eigenvalue weighted by Crippen LogP contribution is 2.39. The molecule has 1 aliphatic carbocycles. The van der Waals surface area contributed by atoms with E-state index in [2.05, 4.69) is 34.2 Å². The van der Waals surface area contributed by atoms with Gasteiger partial charge in [-0.2, -0.15) is 11.8 Å². The van der Waals surface area contributed by atoms with Gasteiger partial charge in [0.15, 0.2) is 0 Å². The number of benzene rings is 1. The van der Waals surface area contributed by atoms with Crippen LogP contribution in [0.25, 0.3) is 0 Å². The van der Waals surface area contributed by atoms with Crippen LogP contribution in [0.1, 0.15) is 36.0 Å². The Morgan fingerprint density at radius 3 is 2.78 bits per heavy atom. The molecule has 0 aliphatic heterocycles. The molecule has 18 heavy (non-hydrogen) atoms. The van der Waals surface area contributed by atoms with Gasteiger partial charge < -0.3 is 5.32 Å². The van der Waals surface area contributed by atoms with E-state index in [1.165, 1.54) is 25.7 Å². The summed E-state index contributed by atoms with van der Waals surface area (Å²) in [5.74, 6) is 0.0499. The summed E-state index contributed by atoms with van der Waals surface area (Å²) < 4.78 is 1.37. The SMILES string of the molecule is CSC1(CNC(=O)c2cccc(I)c2)CCCC1. The van der Waals surface area contributed by atoms with Gasteiger partial charge in [-0.15, -0.1) is 0 Å². The summed E-state index contributed by atoms with van der Waals surface area (Å²) in [4.78, 5) is 12.1. The smallest absolute Gasteiger partial charge is 0.251 e. The first-order valence-corrected chi connectivity index (χ1v) is 8.54. The number of thioether (sulfide) groups is 1. The molecule has 1 fully saturated rings. The predicted molar refractivity (Wildman–Crippen MR) is 86.2 cm³/mol. The van der Waals surface area contributed by atoms with E-state index >= 15 is 0 Å². The van der Waals surface area contributed by atoms with Crippen LogP contribution in [0, 0.1) is 3.57 Å². The molecule has 2 rings (SSSR count). The van der Waals surface area contributed by atoms with Crippen molar-refractivity contribution in [3.05, 3.63) is 33.4 Å². The first-order valence-electron chi connectivity index (χ1n) is 6.24. The highest BCUT2D eigenvalue weighted by molar-refractivity contribution is 14.1. The van der Waals surface area contributed by atoms with Gasteiger partial charge in [0.1, 0.15) is 0 Å². The van der Waals surface area contributed by atoms with E-state index in [-0.39, 0.29) is 10.7 Å². The zero-order valence-corrected chi connectivity index (χ0v) is 13.5. The van der Waals surface area contributed by atoms with Crippen LogP contribution in [0.15, 0.2) is 24.3 Å². The fourth-order valence-corrected chi connectivity index (χ4v) is 3.90. The van der Waals surface area contributed by atoms with Crippen LogP contribution < -0.4 is 5.32 Å². The molecule has 2 nitrogen and oxygen atoms in total. The number of amides is 1. The summed E-state index contributed by atoms with van der Waals surface area (Å²) in [7, 11) is 0. The van der Waals surface area contributed by atoms with Gasteiger partial charge in [0.2, 0.25) is 0 Å². The number of rotatable bonds is 4. The Hall–Kier alpha value is -0.230. The Kier molecular flexibility index (Phi) is 4.95. The molecule has 1 aromatic rings. The molecule has 98 valence electrons. The van der Waals surface area contributed by atoms with Gasteiger partial charge >= 0.3 is 0 Å². The minimum atomic E-state index is 0.0499. The van der Waals surface area contributed by atoms with Crippen molar-refractivity contribution in [3.8, 4) is 0 Å². The third-order valence-corrected chi connectivity index (χ3v) is 5.70. The van der Waals surface area contributed by atoms with Gasteiger partial charge in [0.05, 0.1) is 0 Å². The van der Waals surface area contributed by atoms with Crippen molar-refractivity contribution in [2.75, 3.05) is 12.8 Å². The molecule has 1 amide bonds. The van der Waals surface area contributed by atoms with Gasteiger partial charge in [-0.05, 0) is 59.9 Å². The maximum atomic E-state index is 12.1. The monoisotopic (exact) mass is 375 g/mol. The minimum absolute atomic E-state index is 0.0499.